The van der Waals surface area contributed by atoms with Crippen molar-refractivity contribution in [1.82, 2.24) is 0 Å². The van der Waals surface area contributed by atoms with Crippen LogP contribution in [0.15, 0.2) is 60.7 Å². The number of carbonyl (C=O) groups excluding carboxylic acids is 3. The fourth-order valence-electron chi connectivity index (χ4n) is 15.7. The van der Waals surface area contributed by atoms with Crippen LogP contribution in [0.2, 0.25) is 0 Å². The lowest BCUT2D eigenvalue weighted by Gasteiger charge is -2.37. The van der Waals surface area contributed by atoms with Crippen LogP contribution in [0.1, 0.15) is 279 Å². The number of rotatable bonds is 20. The molecule has 3 aromatic rings. The average molecular weight is 1200 g/mol. The van der Waals surface area contributed by atoms with Gasteiger partial charge in [-0.05, 0) is 199 Å². The summed E-state index contributed by atoms with van der Waals surface area (Å²) in [6.07, 6.45) is 47.1. The molecule has 87 heavy (non-hydrogen) atoms. The van der Waals surface area contributed by atoms with Crippen LogP contribution >= 0.6 is 0 Å². The highest BCUT2D eigenvalue weighted by Crippen LogP contribution is 2.44. The molecule has 0 amide bonds. The molecule has 12 heteroatoms. The Bertz CT molecular complexity index is 2660. The molecule has 0 unspecified atom stereocenters. The van der Waals surface area contributed by atoms with E-state index in [9.17, 15) is 31.9 Å². The van der Waals surface area contributed by atoms with Crippen molar-refractivity contribution in [3.05, 3.63) is 106 Å². The minimum Gasteiger partial charge on any atom is -0.462 e. The topological polar surface area (TPSA) is 126 Å². The van der Waals surface area contributed by atoms with Crippen molar-refractivity contribution < 1.29 is 46.2 Å². The number of benzene rings is 3. The lowest BCUT2D eigenvalue weighted by molar-refractivity contribution is -0.157. The molecule has 0 bridgehead atoms. The largest absolute Gasteiger partial charge is 0.462 e. The highest BCUT2D eigenvalue weighted by molar-refractivity contribution is 5.91. The summed E-state index contributed by atoms with van der Waals surface area (Å²) in [6.45, 7) is 9.08. The summed E-state index contributed by atoms with van der Waals surface area (Å²) < 4.78 is 70.8. The third-order valence-corrected chi connectivity index (χ3v) is 20.9. The number of carbonyl (C=O) groups is 3. The Hall–Kier alpha value is -5.49. The highest BCUT2D eigenvalue weighted by atomic mass is 19.1. The molecule has 0 N–H and O–H groups in total. The molecule has 0 aromatic heterocycles. The van der Waals surface area contributed by atoms with Gasteiger partial charge in [0.05, 0.1) is 17.4 Å². The Morgan fingerprint density at radius 3 is 1.30 bits per heavy atom. The average Bonchev–Trinajstić information content (AvgIpc) is 3.08. The Balaban J connectivity index is 0.000000187. The van der Waals surface area contributed by atoms with Gasteiger partial charge in [-0.2, -0.15) is 10.5 Å². The number of hydrogen-bond acceptors (Lipinski definition) is 8. The lowest BCUT2D eigenvalue weighted by Crippen LogP contribution is -2.30. The van der Waals surface area contributed by atoms with E-state index in [4.69, 9.17) is 24.7 Å². The molecule has 6 aliphatic carbocycles. The predicted molar refractivity (Wildman–Crippen MR) is 336 cm³/mol. The summed E-state index contributed by atoms with van der Waals surface area (Å²) in [6, 6.07) is 13.6. The maximum absolute atomic E-state index is 13.7. The zero-order valence-corrected chi connectivity index (χ0v) is 53.1. The molecule has 0 spiro atoms. The maximum Gasteiger partial charge on any atom is 0.343 e. The predicted octanol–water partition coefficient (Wildman–Crippen LogP) is 20.9. The van der Waals surface area contributed by atoms with Crippen molar-refractivity contribution in [1.29, 1.82) is 10.5 Å². The smallest absolute Gasteiger partial charge is 0.343 e. The molecule has 6 aliphatic rings. The van der Waals surface area contributed by atoms with Gasteiger partial charge in [-0.25, -0.2) is 22.4 Å². The van der Waals surface area contributed by atoms with E-state index in [1.165, 1.54) is 172 Å². The Morgan fingerprint density at radius 1 is 0.471 bits per heavy atom. The fourth-order valence-corrected chi connectivity index (χ4v) is 15.7. The summed E-state index contributed by atoms with van der Waals surface area (Å²) in [7, 11) is 0. The third kappa shape index (κ3) is 21.6. The molecule has 476 valence electrons. The van der Waals surface area contributed by atoms with Gasteiger partial charge in [0.15, 0.2) is 0 Å². The van der Waals surface area contributed by atoms with Crippen molar-refractivity contribution in [3.63, 3.8) is 0 Å². The van der Waals surface area contributed by atoms with E-state index >= 15 is 0 Å². The second kappa shape index (κ2) is 36.2. The van der Waals surface area contributed by atoms with Crippen LogP contribution in [0.4, 0.5) is 17.6 Å². The fraction of sp³-hybridized carbons (Fsp3) is 0.667. The first-order valence-electron chi connectivity index (χ1n) is 34.4. The molecule has 6 fully saturated rings. The molecule has 3 aromatic carbocycles. The van der Waals surface area contributed by atoms with E-state index in [1.807, 2.05) is 12.1 Å². The van der Waals surface area contributed by atoms with E-state index in [2.05, 4.69) is 39.8 Å². The van der Waals surface area contributed by atoms with E-state index in [1.54, 1.807) is 12.1 Å². The number of ether oxygens (including phenoxy) is 3. The maximum atomic E-state index is 13.7. The number of halogens is 4. The van der Waals surface area contributed by atoms with Gasteiger partial charge in [0, 0.05) is 24.3 Å². The van der Waals surface area contributed by atoms with Gasteiger partial charge in [-0.3, -0.25) is 9.59 Å². The number of esters is 3. The molecule has 6 saturated carbocycles. The van der Waals surface area contributed by atoms with E-state index in [-0.39, 0.29) is 35.4 Å². The van der Waals surface area contributed by atoms with Crippen LogP contribution in [-0.4, -0.2) is 24.0 Å². The van der Waals surface area contributed by atoms with Gasteiger partial charge in [0.2, 0.25) is 0 Å². The first kappa shape index (κ1) is 69.0. The quantitative estimate of drug-likeness (QED) is 0.0474. The van der Waals surface area contributed by atoms with Gasteiger partial charge in [0.25, 0.3) is 0 Å². The van der Waals surface area contributed by atoms with Crippen LogP contribution in [-0.2, 0) is 14.3 Å². The molecular weight excluding hydrogens is 1100 g/mol. The van der Waals surface area contributed by atoms with Crippen LogP contribution < -0.4 is 9.47 Å². The molecule has 9 rings (SSSR count). The molecule has 8 nitrogen and oxygen atoms in total. The van der Waals surface area contributed by atoms with E-state index in [0.29, 0.717) is 23.3 Å². The van der Waals surface area contributed by atoms with Crippen LogP contribution in [0.5, 0.6) is 11.5 Å². The first-order chi connectivity index (χ1) is 42.2. The lowest BCUT2D eigenvalue weighted by atomic mass is 9.69. The van der Waals surface area contributed by atoms with E-state index < -0.39 is 46.3 Å². The molecule has 0 saturated heterocycles. The third-order valence-electron chi connectivity index (χ3n) is 20.9. The second-order valence-electron chi connectivity index (χ2n) is 27.0. The SMILES string of the molecule is CCCC1CCC(C2CCC(C(=O)Oc3cc(F)c(C#N)c(F)c3)CC2)CC1.CCCC1CCC(CC/C=C/C2CCC(C(=O)OC3CCC(CCC)CC3)CC2)CC1.CCCC1CCC(c2ccc(C(=O)Oc3cc(F)c(C#N)c(F)c3)cc2)CC1. The van der Waals surface area contributed by atoms with Gasteiger partial charge in [-0.1, -0.05) is 142 Å². The first-order valence-corrected chi connectivity index (χ1v) is 34.4. The molecule has 0 heterocycles. The van der Waals surface area contributed by atoms with Crippen molar-refractivity contribution in [2.75, 3.05) is 0 Å². The summed E-state index contributed by atoms with van der Waals surface area (Å²) in [5.41, 5.74) is 0.169. The number of allylic oxidation sites excluding steroid dienone is 2. The molecule has 0 radical (unpaired) electrons. The Kier molecular flexibility index (Phi) is 28.7. The van der Waals surface area contributed by atoms with Gasteiger partial charge >= 0.3 is 17.9 Å². The van der Waals surface area contributed by atoms with Gasteiger partial charge in [-0.15, -0.1) is 0 Å². The van der Waals surface area contributed by atoms with Gasteiger partial charge < -0.3 is 14.2 Å². The minimum atomic E-state index is -1.06. The van der Waals surface area contributed by atoms with Crippen LogP contribution in [0, 0.1) is 105 Å². The number of nitriles is 2. The zero-order valence-electron chi connectivity index (χ0n) is 53.1. The van der Waals surface area contributed by atoms with Crippen molar-refractivity contribution in [3.8, 4) is 23.6 Å². The summed E-state index contributed by atoms with van der Waals surface area (Å²) in [4.78, 5) is 37.3. The van der Waals surface area contributed by atoms with Crippen LogP contribution in [0.3, 0.4) is 0 Å². The zero-order chi connectivity index (χ0) is 62.1. The minimum absolute atomic E-state index is 0.111. The number of hydrogen-bond donors (Lipinski definition) is 0. The van der Waals surface area contributed by atoms with Crippen molar-refractivity contribution in [2.24, 2.45) is 59.2 Å². The summed E-state index contributed by atoms with van der Waals surface area (Å²) in [5, 5.41) is 17.4. The molecule has 0 aliphatic heterocycles. The highest BCUT2D eigenvalue weighted by Gasteiger charge is 2.35. The summed E-state index contributed by atoms with van der Waals surface area (Å²) >= 11 is 0. The standard InChI is InChI=1S/C29H50O2.C23H29F2NO2.C23H23F2NO2/c1-3-7-23-11-13-25(14-12-23)9-5-6-10-26-15-19-27(20-16-26)29(30)31-28-21-17-24(8-4-2)18-22-28;2*1-2-3-15-4-6-16(7-5-15)17-8-10-18(11-9-17)23(27)28-19-12-21(24)20(14-26)22(25)13-19/h6,10,23-28H,3-5,7-9,11-22H2,1-2H3;12-13,15-18H,2-11H2,1H3;8-13,15-16H,2-7H2,1H3/b10-6+;;. The Labute approximate surface area is 519 Å². The second-order valence-corrected chi connectivity index (χ2v) is 27.0. The molecule has 0 atom stereocenters. The normalized spacial score (nSPS) is 27.4. The van der Waals surface area contributed by atoms with Crippen molar-refractivity contribution >= 4 is 17.9 Å². The summed E-state index contributed by atoms with van der Waals surface area (Å²) in [5.74, 6) is 1.67. The molecular formula is C75H102F4N2O6. The number of nitrogens with zero attached hydrogens (tertiary/aromatic N) is 2. The van der Waals surface area contributed by atoms with Crippen LogP contribution in [0.25, 0.3) is 0 Å². The Morgan fingerprint density at radius 2 is 0.851 bits per heavy atom. The van der Waals surface area contributed by atoms with E-state index in [0.717, 1.165) is 124 Å². The monoisotopic (exact) mass is 1200 g/mol. The van der Waals surface area contributed by atoms with Crippen molar-refractivity contribution in [2.45, 2.75) is 258 Å². The van der Waals surface area contributed by atoms with Gasteiger partial charge in [0.1, 0.15) is 64.1 Å².